The number of nitrogens with one attached hydrogen (secondary N) is 1. The van der Waals surface area contributed by atoms with Crippen molar-refractivity contribution in [1.82, 2.24) is 4.31 Å². The van der Waals surface area contributed by atoms with Gasteiger partial charge in [0.05, 0.1) is 23.4 Å². The van der Waals surface area contributed by atoms with Gasteiger partial charge in [0, 0.05) is 40.8 Å². The molecule has 0 radical (unpaired) electrons. The van der Waals surface area contributed by atoms with Crippen molar-refractivity contribution < 1.29 is 18.3 Å². The van der Waals surface area contributed by atoms with E-state index in [4.69, 9.17) is 4.74 Å². The van der Waals surface area contributed by atoms with Crippen molar-refractivity contribution in [1.29, 1.82) is 0 Å². The summed E-state index contributed by atoms with van der Waals surface area (Å²) in [5.41, 5.74) is 4.28. The summed E-state index contributed by atoms with van der Waals surface area (Å²) in [5, 5.41) is 33.2. The lowest BCUT2D eigenvalue weighted by Crippen LogP contribution is -2.30. The summed E-state index contributed by atoms with van der Waals surface area (Å²) in [6.45, 7) is 6.25. The molecule has 0 aliphatic heterocycles. The fourth-order valence-corrected chi connectivity index (χ4v) is 6.60. The molecule has 46 heavy (non-hydrogen) atoms. The Balaban J connectivity index is 1.37. The molecular weight excluding hydrogens is 621 g/mol. The van der Waals surface area contributed by atoms with Crippen LogP contribution in [0.4, 0.5) is 34.1 Å². The molecule has 0 aliphatic carbocycles. The van der Waals surface area contributed by atoms with Crippen LogP contribution in [0.15, 0.2) is 121 Å². The van der Waals surface area contributed by atoms with E-state index >= 15 is 0 Å². The molecule has 5 aromatic rings. The maximum Gasteiger partial charge on any atom is 0.243 e. The second-order valence-corrected chi connectivity index (χ2v) is 12.7. The number of phenolic OH excluding ortho intramolecular Hbond substituents is 1. The Morgan fingerprint density at radius 1 is 0.826 bits per heavy atom. The van der Waals surface area contributed by atoms with Crippen LogP contribution in [0.25, 0.3) is 10.8 Å². The largest absolute Gasteiger partial charge is 0.505 e. The normalized spacial score (nSPS) is 12.0. The Labute approximate surface area is 274 Å². The van der Waals surface area contributed by atoms with Crippen molar-refractivity contribution in [2.24, 2.45) is 20.5 Å². The number of sulfonamides is 1. The fraction of sp³-hybridized carbons (Fsp3) is 0.176. The number of benzene rings is 5. The predicted molar refractivity (Wildman–Crippen MR) is 185 cm³/mol. The number of ether oxygens (including phenoxy) is 1. The Kier molecular flexibility index (Phi) is 10.0. The molecule has 0 fully saturated rings. The number of para-hydroxylation sites is 1. The van der Waals surface area contributed by atoms with Gasteiger partial charge in [0.25, 0.3) is 0 Å². The molecule has 0 bridgehead atoms. The van der Waals surface area contributed by atoms with Gasteiger partial charge < -0.3 is 15.2 Å². The minimum atomic E-state index is -3.56. The van der Waals surface area contributed by atoms with Gasteiger partial charge in [0.2, 0.25) is 10.0 Å². The van der Waals surface area contributed by atoms with Gasteiger partial charge in [-0.2, -0.15) is 14.5 Å². The lowest BCUT2D eigenvalue weighted by molar-refractivity contribution is 0.416. The van der Waals surface area contributed by atoms with E-state index in [0.717, 1.165) is 22.3 Å². The van der Waals surface area contributed by atoms with Gasteiger partial charge in [-0.25, -0.2) is 8.42 Å². The van der Waals surface area contributed by atoms with Crippen LogP contribution in [-0.4, -0.2) is 38.0 Å². The van der Waals surface area contributed by atoms with E-state index < -0.39 is 10.0 Å². The van der Waals surface area contributed by atoms with Crippen LogP contribution < -0.4 is 10.1 Å². The van der Waals surface area contributed by atoms with Crippen molar-refractivity contribution in [2.75, 3.05) is 25.5 Å². The van der Waals surface area contributed by atoms with Gasteiger partial charge in [0.15, 0.2) is 5.75 Å². The molecule has 0 amide bonds. The number of hydrogen-bond donors (Lipinski definition) is 3. The van der Waals surface area contributed by atoms with Gasteiger partial charge in [-0.15, -0.1) is 22.9 Å². The quantitative estimate of drug-likeness (QED) is 0.0965. The van der Waals surface area contributed by atoms with Crippen LogP contribution in [0.1, 0.15) is 19.4 Å². The van der Waals surface area contributed by atoms with Crippen LogP contribution in [0.2, 0.25) is 0 Å². The van der Waals surface area contributed by atoms with E-state index in [1.165, 1.54) is 23.5 Å². The Morgan fingerprint density at radius 3 is 2.20 bits per heavy atom. The molecule has 0 unspecified atom stereocenters. The first-order valence-electron chi connectivity index (χ1n) is 14.6. The molecule has 236 valence electrons. The average molecular weight is 655 g/mol. The number of aryl methyl sites for hydroxylation is 1. The van der Waals surface area contributed by atoms with E-state index in [1.807, 2.05) is 61.5 Å². The van der Waals surface area contributed by atoms with Gasteiger partial charge in [-0.1, -0.05) is 32.0 Å². The van der Waals surface area contributed by atoms with Crippen LogP contribution in [0.3, 0.4) is 0 Å². The number of aromatic hydroxyl groups is 1. The lowest BCUT2D eigenvalue weighted by atomic mass is 10.1. The number of azo groups is 2. The number of thiol groups is 1. The van der Waals surface area contributed by atoms with Crippen molar-refractivity contribution in [3.8, 4) is 11.5 Å². The van der Waals surface area contributed by atoms with Gasteiger partial charge in [0.1, 0.15) is 17.1 Å². The first-order valence-corrected chi connectivity index (χ1v) is 16.5. The van der Waals surface area contributed by atoms with Crippen LogP contribution in [0, 0.1) is 6.92 Å². The molecule has 0 aliphatic rings. The molecule has 5 aromatic carbocycles. The maximum atomic E-state index is 12.8. The van der Waals surface area contributed by atoms with Crippen molar-refractivity contribution in [2.45, 2.75) is 30.6 Å². The van der Waals surface area contributed by atoms with E-state index in [9.17, 15) is 13.5 Å². The number of fused-ring (bicyclic) bond motifs is 1. The molecule has 10 nitrogen and oxygen atoms in total. The van der Waals surface area contributed by atoms with Crippen LogP contribution in [-0.2, 0) is 10.0 Å². The Hall–Kier alpha value is -4.78. The monoisotopic (exact) mass is 654 g/mol. The number of methoxy groups -OCH3 is 1. The summed E-state index contributed by atoms with van der Waals surface area (Å²) < 4.78 is 32.5. The molecule has 2 N–H and O–H groups in total. The zero-order chi connectivity index (χ0) is 32.8. The highest BCUT2D eigenvalue weighted by Gasteiger charge is 2.21. The number of hydrogen-bond acceptors (Lipinski definition) is 10. The molecule has 0 heterocycles. The zero-order valence-electron chi connectivity index (χ0n) is 25.8. The maximum absolute atomic E-state index is 12.8. The summed E-state index contributed by atoms with van der Waals surface area (Å²) in [6, 6.07) is 27.0. The highest BCUT2D eigenvalue weighted by Crippen LogP contribution is 2.43. The van der Waals surface area contributed by atoms with Crippen LogP contribution >= 0.6 is 12.6 Å². The van der Waals surface area contributed by atoms with Gasteiger partial charge >= 0.3 is 0 Å². The third-order valence-corrected chi connectivity index (χ3v) is 9.74. The molecule has 0 saturated heterocycles. The first-order chi connectivity index (χ1) is 22.1. The number of phenols is 1. The predicted octanol–water partition coefficient (Wildman–Crippen LogP) is 9.76. The average Bonchev–Trinajstić information content (AvgIpc) is 3.05. The summed E-state index contributed by atoms with van der Waals surface area (Å²) in [5.74, 6) is 0.371. The molecule has 0 aromatic heterocycles. The fourth-order valence-electron chi connectivity index (χ4n) is 4.85. The number of nitrogens with zero attached hydrogens (tertiary/aromatic N) is 5. The smallest absolute Gasteiger partial charge is 0.243 e. The second-order valence-electron chi connectivity index (χ2n) is 10.3. The zero-order valence-corrected chi connectivity index (χ0v) is 27.5. The second kappa shape index (κ2) is 14.1. The van der Waals surface area contributed by atoms with Crippen molar-refractivity contribution >= 4 is 67.5 Å². The van der Waals surface area contributed by atoms with E-state index in [1.54, 1.807) is 38.1 Å². The summed E-state index contributed by atoms with van der Waals surface area (Å²) in [6.07, 6.45) is 0. The van der Waals surface area contributed by atoms with Crippen LogP contribution in [0.5, 0.6) is 11.5 Å². The van der Waals surface area contributed by atoms with Gasteiger partial charge in [-0.3, -0.25) is 0 Å². The third-order valence-electron chi connectivity index (χ3n) is 7.34. The minimum absolute atomic E-state index is 0.0328. The molecule has 5 rings (SSSR count). The van der Waals surface area contributed by atoms with Crippen molar-refractivity contribution in [3.05, 3.63) is 96.6 Å². The topological polar surface area (TPSA) is 128 Å². The van der Waals surface area contributed by atoms with E-state index in [0.29, 0.717) is 46.2 Å². The summed E-state index contributed by atoms with van der Waals surface area (Å²) >= 11 is 4.58. The minimum Gasteiger partial charge on any atom is -0.505 e. The standard InChI is InChI=1S/C34H34N6O4S2/c1-5-40(6-2)46(42,43)27-15-12-25(13-16-27)36-37-29-21-31(44-4)30(18-22(29)3)38-39-33-32(45)20-23-19-26(14-17-28(23)34(33)41)35-24-10-8-7-9-11-24/h7-21,35,41,45H,5-6H2,1-4H3/b37-36+,39-38+. The van der Waals surface area contributed by atoms with E-state index in [2.05, 4.69) is 38.4 Å². The SMILES string of the molecule is CCN(CC)S(=O)(=O)c1ccc(/N=N/c2cc(OC)c(/N=N/c3c(S)cc4cc(Nc5ccccc5)ccc4c3O)cc2C)cc1. The Morgan fingerprint density at radius 2 is 1.52 bits per heavy atom. The molecule has 0 atom stereocenters. The first kappa shape index (κ1) is 32.6. The van der Waals surface area contributed by atoms with E-state index in [-0.39, 0.29) is 16.3 Å². The lowest BCUT2D eigenvalue weighted by Gasteiger charge is -2.18. The highest BCUT2D eigenvalue weighted by molar-refractivity contribution is 7.89. The molecule has 12 heteroatoms. The number of rotatable bonds is 11. The third kappa shape index (κ3) is 7.04. The van der Waals surface area contributed by atoms with Crippen molar-refractivity contribution in [3.63, 3.8) is 0 Å². The Bertz CT molecular complexity index is 2030. The molecular formula is C34H34N6O4S2. The molecule has 0 spiro atoms. The highest BCUT2D eigenvalue weighted by atomic mass is 32.2. The number of anilines is 2. The summed E-state index contributed by atoms with van der Waals surface area (Å²) in [7, 11) is -2.05. The van der Waals surface area contributed by atoms with Gasteiger partial charge in [-0.05, 0) is 84.6 Å². The summed E-state index contributed by atoms with van der Waals surface area (Å²) in [4.78, 5) is 0.664. The molecule has 0 saturated carbocycles.